The van der Waals surface area contributed by atoms with Gasteiger partial charge in [0.25, 0.3) is 0 Å². The van der Waals surface area contributed by atoms with Gasteiger partial charge >= 0.3 is 5.76 Å². The van der Waals surface area contributed by atoms with Crippen LogP contribution >= 0.6 is 0 Å². The molecule has 4 nitrogen and oxygen atoms in total. The van der Waals surface area contributed by atoms with Crippen LogP contribution in [0.15, 0.2) is 27.4 Å². The van der Waals surface area contributed by atoms with Gasteiger partial charge in [-0.2, -0.15) is 0 Å². The van der Waals surface area contributed by atoms with E-state index < -0.39 is 0 Å². The van der Waals surface area contributed by atoms with Gasteiger partial charge in [-0.3, -0.25) is 9.36 Å². The maximum Gasteiger partial charge on any atom is 0.419 e. The molecule has 1 atom stereocenters. The van der Waals surface area contributed by atoms with Crippen LogP contribution in [-0.4, -0.2) is 10.4 Å². The van der Waals surface area contributed by atoms with E-state index in [1.165, 1.54) is 0 Å². The summed E-state index contributed by atoms with van der Waals surface area (Å²) in [6.45, 7) is 10.9. The summed E-state index contributed by atoms with van der Waals surface area (Å²) >= 11 is 0. The number of aromatic nitrogens is 1. The first-order valence-corrected chi connectivity index (χ1v) is 7.40. The van der Waals surface area contributed by atoms with E-state index in [0.29, 0.717) is 24.1 Å². The number of fused-ring (bicyclic) bond motifs is 1. The monoisotopic (exact) mass is 289 g/mol. The van der Waals surface area contributed by atoms with Gasteiger partial charge < -0.3 is 4.42 Å². The predicted octanol–water partition coefficient (Wildman–Crippen LogP) is 3.87. The van der Waals surface area contributed by atoms with Gasteiger partial charge in [-0.1, -0.05) is 27.7 Å². The zero-order chi connectivity index (χ0) is 15.8. The molecule has 114 valence electrons. The molecule has 1 unspecified atom stereocenters. The van der Waals surface area contributed by atoms with E-state index in [-0.39, 0.29) is 22.9 Å². The van der Waals surface area contributed by atoms with Crippen LogP contribution in [0.25, 0.3) is 11.1 Å². The number of nitrogens with zero attached hydrogens (tertiary/aromatic N) is 1. The van der Waals surface area contributed by atoms with Crippen LogP contribution in [0.2, 0.25) is 0 Å². The molecule has 2 rings (SSSR count). The number of hydrogen-bond donors (Lipinski definition) is 0. The molecular formula is C17H23NO3. The maximum absolute atomic E-state index is 12.4. The van der Waals surface area contributed by atoms with Crippen LogP contribution < -0.4 is 5.76 Å². The lowest BCUT2D eigenvalue weighted by Gasteiger charge is -2.26. The van der Waals surface area contributed by atoms with Crippen LogP contribution in [0.1, 0.15) is 51.4 Å². The first-order valence-electron chi connectivity index (χ1n) is 7.40. The average Bonchev–Trinajstić information content (AvgIpc) is 2.71. The van der Waals surface area contributed by atoms with Gasteiger partial charge in [0.15, 0.2) is 11.4 Å². The number of oxazole rings is 1. The Hall–Kier alpha value is -1.84. The van der Waals surface area contributed by atoms with Gasteiger partial charge in [0.2, 0.25) is 0 Å². The zero-order valence-corrected chi connectivity index (χ0v) is 13.4. The van der Waals surface area contributed by atoms with Crippen LogP contribution in [0.4, 0.5) is 0 Å². The molecule has 0 bridgehead atoms. The molecule has 0 spiro atoms. The second kappa shape index (κ2) is 5.51. The Kier molecular flexibility index (Phi) is 4.08. The van der Waals surface area contributed by atoms with Crippen molar-refractivity contribution in [3.63, 3.8) is 0 Å². The summed E-state index contributed by atoms with van der Waals surface area (Å²) in [6, 6.07) is 5.25. The summed E-state index contributed by atoms with van der Waals surface area (Å²) in [5.74, 6) is -0.000624. The summed E-state index contributed by atoms with van der Waals surface area (Å²) in [4.78, 5) is 24.1. The van der Waals surface area contributed by atoms with E-state index in [1.807, 2.05) is 6.92 Å². The molecule has 2 aromatic rings. The molecule has 1 aromatic heterocycles. The molecule has 0 aliphatic heterocycles. The third-order valence-electron chi connectivity index (χ3n) is 4.28. The number of Topliss-reactive ketones (excluding diaryl/α,β-unsaturated/α-hetero) is 1. The first kappa shape index (κ1) is 15.5. The van der Waals surface area contributed by atoms with Gasteiger partial charge in [-0.25, -0.2) is 4.79 Å². The van der Waals surface area contributed by atoms with E-state index in [2.05, 4.69) is 27.7 Å². The van der Waals surface area contributed by atoms with Crippen molar-refractivity contribution in [1.82, 2.24) is 4.57 Å². The van der Waals surface area contributed by atoms with E-state index >= 15 is 0 Å². The number of benzene rings is 1. The standard InChI is InChI=1S/C17H23NO3/c1-6-18-13-8-7-12(10-15(13)21-16(18)20)14(19)9-11(2)17(3,4)5/h7-8,10-11H,6,9H2,1-5H3. The summed E-state index contributed by atoms with van der Waals surface area (Å²) in [5.41, 5.74) is 1.92. The number of rotatable bonds is 4. The highest BCUT2D eigenvalue weighted by Crippen LogP contribution is 2.29. The van der Waals surface area contributed by atoms with Crippen molar-refractivity contribution in [2.45, 2.75) is 47.6 Å². The Bertz CT molecular complexity index is 716. The Labute approximate surface area is 124 Å². The van der Waals surface area contributed by atoms with Crippen LogP contribution in [0, 0.1) is 11.3 Å². The summed E-state index contributed by atoms with van der Waals surface area (Å²) in [6.07, 6.45) is 0.494. The predicted molar refractivity (Wildman–Crippen MR) is 83.7 cm³/mol. The third kappa shape index (κ3) is 3.09. The fourth-order valence-corrected chi connectivity index (χ4v) is 2.24. The number of hydrogen-bond acceptors (Lipinski definition) is 3. The molecule has 0 saturated carbocycles. The molecule has 21 heavy (non-hydrogen) atoms. The number of carbonyl (C=O) groups excluding carboxylic acids is 1. The zero-order valence-electron chi connectivity index (χ0n) is 13.4. The van der Waals surface area contributed by atoms with Gasteiger partial charge in [0.05, 0.1) is 5.52 Å². The Morgan fingerprint density at radius 2 is 2.00 bits per heavy atom. The van der Waals surface area contributed by atoms with Crippen molar-refractivity contribution in [2.75, 3.05) is 0 Å². The minimum absolute atomic E-state index is 0.0891. The molecule has 0 amide bonds. The van der Waals surface area contributed by atoms with Crippen molar-refractivity contribution in [3.05, 3.63) is 34.3 Å². The van der Waals surface area contributed by atoms with Gasteiger partial charge in [0, 0.05) is 18.5 Å². The molecule has 4 heteroatoms. The number of carbonyl (C=O) groups is 1. The van der Waals surface area contributed by atoms with E-state index in [9.17, 15) is 9.59 Å². The second-order valence-electron chi connectivity index (χ2n) is 6.69. The average molecular weight is 289 g/mol. The summed E-state index contributed by atoms with van der Waals surface area (Å²) in [7, 11) is 0. The number of aryl methyl sites for hydroxylation is 1. The van der Waals surface area contributed by atoms with Crippen molar-refractivity contribution in [3.8, 4) is 0 Å². The SMILES string of the molecule is CCn1c(=O)oc2cc(C(=O)CC(C)C(C)(C)C)ccc21. The maximum atomic E-state index is 12.4. The van der Waals surface area contributed by atoms with E-state index in [1.54, 1.807) is 22.8 Å². The van der Waals surface area contributed by atoms with Crippen molar-refractivity contribution in [2.24, 2.45) is 11.3 Å². The summed E-state index contributed by atoms with van der Waals surface area (Å²) in [5, 5.41) is 0. The minimum Gasteiger partial charge on any atom is -0.408 e. The topological polar surface area (TPSA) is 52.2 Å². The number of ketones is 1. The quantitative estimate of drug-likeness (QED) is 0.803. The fraction of sp³-hybridized carbons (Fsp3) is 0.529. The largest absolute Gasteiger partial charge is 0.419 e. The molecule has 0 aliphatic rings. The molecule has 1 heterocycles. The van der Waals surface area contributed by atoms with Crippen LogP contribution in [0.5, 0.6) is 0 Å². The molecule has 0 saturated heterocycles. The first-order chi connectivity index (χ1) is 9.74. The van der Waals surface area contributed by atoms with Crippen molar-refractivity contribution >= 4 is 16.9 Å². The van der Waals surface area contributed by atoms with Gasteiger partial charge in [-0.05, 0) is 36.5 Å². The highest BCUT2D eigenvalue weighted by molar-refractivity contribution is 5.98. The highest BCUT2D eigenvalue weighted by Gasteiger charge is 2.23. The normalized spacial score (nSPS) is 13.6. The lowest BCUT2D eigenvalue weighted by atomic mass is 9.78. The molecule has 0 radical (unpaired) electrons. The second-order valence-corrected chi connectivity index (χ2v) is 6.69. The van der Waals surface area contributed by atoms with Crippen molar-refractivity contribution in [1.29, 1.82) is 0 Å². The smallest absolute Gasteiger partial charge is 0.408 e. The molecule has 0 fully saturated rings. The van der Waals surface area contributed by atoms with E-state index in [4.69, 9.17) is 4.42 Å². The Morgan fingerprint density at radius 3 is 2.57 bits per heavy atom. The van der Waals surface area contributed by atoms with Crippen LogP contribution in [0.3, 0.4) is 0 Å². The molecule has 0 aliphatic carbocycles. The Balaban J connectivity index is 2.31. The molecule has 0 N–H and O–H groups in total. The third-order valence-corrected chi connectivity index (χ3v) is 4.28. The molecule has 1 aromatic carbocycles. The minimum atomic E-state index is -0.375. The molecular weight excluding hydrogens is 266 g/mol. The lowest BCUT2D eigenvalue weighted by Crippen LogP contribution is -2.20. The Morgan fingerprint density at radius 1 is 1.33 bits per heavy atom. The van der Waals surface area contributed by atoms with Gasteiger partial charge in [-0.15, -0.1) is 0 Å². The lowest BCUT2D eigenvalue weighted by molar-refractivity contribution is 0.0927. The highest BCUT2D eigenvalue weighted by atomic mass is 16.4. The fourth-order valence-electron chi connectivity index (χ4n) is 2.24. The van der Waals surface area contributed by atoms with Crippen molar-refractivity contribution < 1.29 is 9.21 Å². The van der Waals surface area contributed by atoms with Gasteiger partial charge in [0.1, 0.15) is 0 Å². The summed E-state index contributed by atoms with van der Waals surface area (Å²) < 4.78 is 6.77. The van der Waals surface area contributed by atoms with E-state index in [0.717, 1.165) is 5.52 Å². The van der Waals surface area contributed by atoms with Crippen LogP contribution in [-0.2, 0) is 6.54 Å².